The molecule has 2 aromatic carbocycles. The van der Waals surface area contributed by atoms with Crippen LogP contribution >= 0.6 is 11.6 Å². The number of pyridine rings is 1. The molecular formula is C23H17ClF3N3O. The van der Waals surface area contributed by atoms with Crippen molar-refractivity contribution in [3.05, 3.63) is 94.3 Å². The van der Waals surface area contributed by atoms with Gasteiger partial charge in [0.15, 0.2) is 0 Å². The van der Waals surface area contributed by atoms with Gasteiger partial charge in [0, 0.05) is 16.8 Å². The van der Waals surface area contributed by atoms with Crippen molar-refractivity contribution in [2.24, 2.45) is 5.16 Å². The fourth-order valence-corrected chi connectivity index (χ4v) is 3.27. The maximum Gasteiger partial charge on any atom is 0.416 e. The number of nitrogens with zero attached hydrogens (tertiary/aromatic N) is 3. The highest BCUT2D eigenvalue weighted by Gasteiger charge is 2.30. The first-order valence-electron chi connectivity index (χ1n) is 9.37. The predicted octanol–water partition coefficient (Wildman–Crippen LogP) is 6.53. The summed E-state index contributed by atoms with van der Waals surface area (Å²) in [5.41, 5.74) is 3.67. The average Bonchev–Trinajstić information content (AvgIpc) is 3.09. The summed E-state index contributed by atoms with van der Waals surface area (Å²) in [5, 5.41) is 4.60. The number of rotatable bonds is 5. The Morgan fingerprint density at radius 2 is 1.87 bits per heavy atom. The van der Waals surface area contributed by atoms with Crippen LogP contribution in [0, 0.1) is 6.92 Å². The maximum atomic E-state index is 12.9. The van der Waals surface area contributed by atoms with Crippen LogP contribution in [0.25, 0.3) is 16.9 Å². The molecule has 0 aliphatic heterocycles. The first kappa shape index (κ1) is 20.9. The lowest BCUT2D eigenvalue weighted by molar-refractivity contribution is -0.137. The zero-order chi connectivity index (χ0) is 22.0. The molecule has 4 nitrogen and oxygen atoms in total. The Morgan fingerprint density at radius 3 is 2.61 bits per heavy atom. The second-order valence-corrected chi connectivity index (χ2v) is 7.43. The highest BCUT2D eigenvalue weighted by Crippen LogP contribution is 2.30. The zero-order valence-electron chi connectivity index (χ0n) is 16.4. The van der Waals surface area contributed by atoms with Crippen LogP contribution in [-0.4, -0.2) is 15.6 Å². The van der Waals surface area contributed by atoms with E-state index in [1.807, 2.05) is 41.8 Å². The zero-order valence-corrected chi connectivity index (χ0v) is 17.2. The summed E-state index contributed by atoms with van der Waals surface area (Å²) in [4.78, 5) is 9.98. The van der Waals surface area contributed by atoms with Crippen molar-refractivity contribution in [1.29, 1.82) is 0 Å². The van der Waals surface area contributed by atoms with Gasteiger partial charge in [0.1, 0.15) is 12.3 Å². The van der Waals surface area contributed by atoms with Crippen LogP contribution in [0.4, 0.5) is 13.2 Å². The van der Waals surface area contributed by atoms with Crippen molar-refractivity contribution in [2.45, 2.75) is 19.7 Å². The third-order valence-electron chi connectivity index (χ3n) is 4.67. The predicted molar refractivity (Wildman–Crippen MR) is 114 cm³/mol. The lowest BCUT2D eigenvalue weighted by Gasteiger charge is -2.08. The first-order valence-corrected chi connectivity index (χ1v) is 9.75. The molecule has 0 saturated carbocycles. The fourth-order valence-electron chi connectivity index (χ4n) is 3.15. The van der Waals surface area contributed by atoms with Crippen molar-refractivity contribution in [3.63, 3.8) is 0 Å². The largest absolute Gasteiger partial charge is 0.416 e. The Kier molecular flexibility index (Phi) is 5.69. The van der Waals surface area contributed by atoms with Crippen molar-refractivity contribution < 1.29 is 18.0 Å². The van der Waals surface area contributed by atoms with Gasteiger partial charge in [0.2, 0.25) is 0 Å². The lowest BCUT2D eigenvalue weighted by atomic mass is 10.1. The highest BCUT2D eigenvalue weighted by atomic mass is 35.5. The third-order valence-corrected chi connectivity index (χ3v) is 4.92. The van der Waals surface area contributed by atoms with E-state index in [1.165, 1.54) is 12.3 Å². The molecule has 0 radical (unpaired) electrons. The van der Waals surface area contributed by atoms with Crippen LogP contribution in [0.1, 0.15) is 22.4 Å². The van der Waals surface area contributed by atoms with Crippen LogP contribution in [0.15, 0.2) is 72.0 Å². The van der Waals surface area contributed by atoms with Gasteiger partial charge < -0.3 is 4.84 Å². The minimum Gasteiger partial charge on any atom is -0.391 e. The molecule has 0 unspecified atom stereocenters. The molecule has 0 aliphatic carbocycles. The number of hydrogen-bond donors (Lipinski definition) is 0. The molecular weight excluding hydrogens is 427 g/mol. The van der Waals surface area contributed by atoms with E-state index in [9.17, 15) is 13.2 Å². The minimum absolute atomic E-state index is 0.0907. The molecule has 4 rings (SSSR count). The van der Waals surface area contributed by atoms with Crippen LogP contribution < -0.4 is 0 Å². The van der Waals surface area contributed by atoms with E-state index < -0.39 is 11.7 Å². The average molecular weight is 444 g/mol. The molecule has 158 valence electrons. The summed E-state index contributed by atoms with van der Waals surface area (Å²) in [6.45, 7) is 1.88. The van der Waals surface area contributed by atoms with E-state index in [-0.39, 0.29) is 6.61 Å². The molecule has 0 fully saturated rings. The van der Waals surface area contributed by atoms with E-state index in [0.717, 1.165) is 28.9 Å². The molecule has 0 atom stereocenters. The second-order valence-electron chi connectivity index (χ2n) is 6.99. The third kappa shape index (κ3) is 4.72. The number of fused-ring (bicyclic) bond motifs is 1. The monoisotopic (exact) mass is 443 g/mol. The lowest BCUT2D eigenvalue weighted by Crippen LogP contribution is -2.05. The summed E-state index contributed by atoms with van der Waals surface area (Å²) >= 11 is 6.00. The highest BCUT2D eigenvalue weighted by molar-refractivity contribution is 6.30. The topological polar surface area (TPSA) is 38.9 Å². The van der Waals surface area contributed by atoms with Crippen LogP contribution in [0.2, 0.25) is 5.02 Å². The molecule has 0 aliphatic rings. The molecule has 8 heteroatoms. The van der Waals surface area contributed by atoms with E-state index >= 15 is 0 Å². The first-order chi connectivity index (χ1) is 14.8. The number of halogens is 4. The number of imidazole rings is 1. The van der Waals surface area contributed by atoms with Crippen LogP contribution in [0.3, 0.4) is 0 Å². The summed E-state index contributed by atoms with van der Waals surface area (Å²) in [5.74, 6) is 0. The van der Waals surface area contributed by atoms with Gasteiger partial charge in [0.25, 0.3) is 0 Å². The van der Waals surface area contributed by atoms with Crippen LogP contribution in [-0.2, 0) is 17.6 Å². The summed E-state index contributed by atoms with van der Waals surface area (Å²) in [6, 6.07) is 16.1. The van der Waals surface area contributed by atoms with Crippen molar-refractivity contribution in [2.75, 3.05) is 0 Å². The van der Waals surface area contributed by atoms with Gasteiger partial charge in [-0.25, -0.2) is 4.98 Å². The molecule has 31 heavy (non-hydrogen) atoms. The van der Waals surface area contributed by atoms with Gasteiger partial charge in [0.05, 0.1) is 23.2 Å². The Labute approximate surface area is 181 Å². The van der Waals surface area contributed by atoms with Gasteiger partial charge in [-0.3, -0.25) is 4.40 Å². The molecule has 0 N–H and O–H groups in total. The Hall–Kier alpha value is -3.32. The summed E-state index contributed by atoms with van der Waals surface area (Å²) < 4.78 is 40.5. The van der Waals surface area contributed by atoms with Crippen molar-refractivity contribution in [1.82, 2.24) is 9.38 Å². The number of aromatic nitrogens is 2. The normalized spacial score (nSPS) is 12.0. The van der Waals surface area contributed by atoms with Crippen molar-refractivity contribution in [3.8, 4) is 11.3 Å². The van der Waals surface area contributed by atoms with Gasteiger partial charge in [-0.1, -0.05) is 41.0 Å². The number of aryl methyl sites for hydroxylation is 1. The van der Waals surface area contributed by atoms with Crippen LogP contribution in [0.5, 0.6) is 0 Å². The number of oxime groups is 1. The Bertz CT molecular complexity index is 1250. The Balaban J connectivity index is 1.61. The van der Waals surface area contributed by atoms with Gasteiger partial charge in [-0.05, 0) is 54.4 Å². The summed E-state index contributed by atoms with van der Waals surface area (Å²) in [7, 11) is 0. The standard InChI is InChI=1S/C23H17ClF3N3O/c1-15-9-10-30-20(22(29-21(30)11-15)17-5-7-19(24)8-6-17)13-28-31-14-16-3-2-4-18(12-16)23(25,26)27/h2-13H,14H2,1H3/b28-13+. The molecule has 2 aromatic heterocycles. The molecule has 0 spiro atoms. The van der Waals surface area contributed by atoms with E-state index in [1.54, 1.807) is 18.2 Å². The smallest absolute Gasteiger partial charge is 0.391 e. The summed E-state index contributed by atoms with van der Waals surface area (Å²) in [6.07, 6.45) is -1.01. The van der Waals surface area contributed by atoms with E-state index in [2.05, 4.69) is 5.16 Å². The van der Waals surface area contributed by atoms with Gasteiger partial charge in [-0.2, -0.15) is 13.2 Å². The minimum atomic E-state index is -4.40. The van der Waals surface area contributed by atoms with Gasteiger partial charge in [-0.15, -0.1) is 0 Å². The van der Waals surface area contributed by atoms with Gasteiger partial charge >= 0.3 is 6.18 Å². The fraction of sp³-hybridized carbons (Fsp3) is 0.130. The second kappa shape index (κ2) is 8.43. The molecule has 4 aromatic rings. The maximum absolute atomic E-state index is 12.9. The molecule has 0 bridgehead atoms. The molecule has 2 heterocycles. The van der Waals surface area contributed by atoms with E-state index in [4.69, 9.17) is 21.4 Å². The number of benzene rings is 2. The Morgan fingerprint density at radius 1 is 1.10 bits per heavy atom. The SMILES string of the molecule is Cc1ccn2c(/C=N/OCc3cccc(C(F)(F)F)c3)c(-c3ccc(Cl)cc3)nc2c1. The molecule has 0 saturated heterocycles. The number of alkyl halides is 3. The molecule has 0 amide bonds. The quantitative estimate of drug-likeness (QED) is 0.260. The number of hydrogen-bond acceptors (Lipinski definition) is 3. The van der Waals surface area contributed by atoms with E-state index in [0.29, 0.717) is 22.0 Å². The van der Waals surface area contributed by atoms with Crippen molar-refractivity contribution >= 4 is 23.5 Å².